The molecule has 2 N–H and O–H groups in total. The molecule has 1 saturated heterocycles. The molecule has 26 heavy (non-hydrogen) atoms. The quantitative estimate of drug-likeness (QED) is 0.559. The van der Waals surface area contributed by atoms with Gasteiger partial charge in [-0.1, -0.05) is 6.42 Å². The summed E-state index contributed by atoms with van der Waals surface area (Å²) in [6.07, 6.45) is 9.35. The van der Waals surface area contributed by atoms with E-state index in [1.165, 1.54) is 19.3 Å². The van der Waals surface area contributed by atoms with E-state index in [4.69, 9.17) is 9.41 Å². The van der Waals surface area contributed by atoms with Crippen molar-refractivity contribution in [2.24, 2.45) is 4.99 Å². The minimum absolute atomic E-state index is 0.201. The summed E-state index contributed by atoms with van der Waals surface area (Å²) in [7, 11) is 0. The van der Waals surface area contributed by atoms with Gasteiger partial charge in [0.15, 0.2) is 5.96 Å². The molecule has 0 aliphatic carbocycles. The number of hydrogen-bond donors (Lipinski definition) is 2. The summed E-state index contributed by atoms with van der Waals surface area (Å²) in [6, 6.07) is 6.16. The number of nitrogens with one attached hydrogen (secondary N) is 2. The van der Waals surface area contributed by atoms with Crippen LogP contribution in [0.4, 0.5) is 0 Å². The highest BCUT2D eigenvalue weighted by Gasteiger charge is 2.24. The predicted octanol–water partition coefficient (Wildman–Crippen LogP) is 2.26. The van der Waals surface area contributed by atoms with Crippen LogP contribution < -0.4 is 10.6 Å². The highest BCUT2D eigenvalue weighted by molar-refractivity contribution is 5.79. The third-order valence-electron chi connectivity index (χ3n) is 4.66. The molecule has 1 aliphatic rings. The van der Waals surface area contributed by atoms with Gasteiger partial charge in [-0.05, 0) is 51.1 Å². The highest BCUT2D eigenvalue weighted by atomic mass is 16.3. The topological polar surface area (TPSA) is 70.6 Å². The lowest BCUT2D eigenvalue weighted by Gasteiger charge is -2.32. The Morgan fingerprint density at radius 1 is 1.27 bits per heavy atom. The number of likely N-dealkylation sites (tertiary alicyclic amines) is 1. The zero-order valence-electron chi connectivity index (χ0n) is 15.6. The van der Waals surface area contributed by atoms with Gasteiger partial charge in [0, 0.05) is 25.5 Å². The molecular formula is C19H30N6O. The number of aromatic nitrogens is 2. The molecule has 0 amide bonds. The lowest BCUT2D eigenvalue weighted by Crippen LogP contribution is -2.40. The van der Waals surface area contributed by atoms with Crippen molar-refractivity contribution in [1.29, 1.82) is 0 Å². The van der Waals surface area contributed by atoms with Crippen LogP contribution in [0.25, 0.3) is 0 Å². The van der Waals surface area contributed by atoms with Crippen molar-refractivity contribution >= 4 is 5.96 Å². The Labute approximate surface area is 155 Å². The molecule has 2 aromatic rings. The Kier molecular flexibility index (Phi) is 7.13. The fraction of sp³-hybridized carbons (Fsp3) is 0.579. The van der Waals surface area contributed by atoms with Crippen molar-refractivity contribution in [2.45, 2.75) is 38.8 Å². The average Bonchev–Trinajstić information content (AvgIpc) is 3.37. The Morgan fingerprint density at radius 3 is 2.85 bits per heavy atom. The highest BCUT2D eigenvalue weighted by Crippen LogP contribution is 2.25. The van der Waals surface area contributed by atoms with Crippen LogP contribution >= 0.6 is 0 Å². The molecule has 0 radical (unpaired) electrons. The van der Waals surface area contributed by atoms with Crippen molar-refractivity contribution in [2.75, 3.05) is 32.7 Å². The van der Waals surface area contributed by atoms with Crippen molar-refractivity contribution in [3.8, 4) is 0 Å². The monoisotopic (exact) mass is 358 g/mol. The molecule has 3 rings (SSSR count). The minimum Gasteiger partial charge on any atom is -0.468 e. The molecule has 0 saturated carbocycles. The molecule has 1 unspecified atom stereocenters. The molecule has 2 aromatic heterocycles. The van der Waals surface area contributed by atoms with Gasteiger partial charge in [0.1, 0.15) is 5.76 Å². The zero-order chi connectivity index (χ0) is 18.0. The normalized spacial score (nSPS) is 17.2. The van der Waals surface area contributed by atoms with E-state index in [0.717, 1.165) is 44.4 Å². The van der Waals surface area contributed by atoms with Crippen molar-refractivity contribution in [3.05, 3.63) is 42.6 Å². The predicted molar refractivity (Wildman–Crippen MR) is 103 cm³/mol. The molecule has 1 fully saturated rings. The molecule has 1 aliphatic heterocycles. The second kappa shape index (κ2) is 10.0. The minimum atomic E-state index is 0.201. The van der Waals surface area contributed by atoms with Crippen LogP contribution in [0.2, 0.25) is 0 Å². The van der Waals surface area contributed by atoms with E-state index in [-0.39, 0.29) is 6.04 Å². The summed E-state index contributed by atoms with van der Waals surface area (Å²) in [6.45, 7) is 7.43. The van der Waals surface area contributed by atoms with E-state index in [1.54, 1.807) is 12.5 Å². The SMILES string of the molecule is CCNC(=NCC(c1ccco1)N1CCCCC1)NCCn1cccn1. The lowest BCUT2D eigenvalue weighted by molar-refractivity contribution is 0.150. The number of furan rings is 1. The maximum Gasteiger partial charge on any atom is 0.191 e. The van der Waals surface area contributed by atoms with Gasteiger partial charge in [-0.15, -0.1) is 0 Å². The molecule has 1 atom stereocenters. The van der Waals surface area contributed by atoms with Crippen molar-refractivity contribution in [1.82, 2.24) is 25.3 Å². The zero-order valence-corrected chi connectivity index (χ0v) is 15.6. The third-order valence-corrected chi connectivity index (χ3v) is 4.66. The number of rotatable bonds is 8. The fourth-order valence-electron chi connectivity index (χ4n) is 3.34. The summed E-state index contributed by atoms with van der Waals surface area (Å²) in [5, 5.41) is 10.9. The molecule has 0 bridgehead atoms. The summed E-state index contributed by atoms with van der Waals surface area (Å²) in [5.41, 5.74) is 0. The van der Waals surface area contributed by atoms with Crippen molar-refractivity contribution in [3.63, 3.8) is 0 Å². The number of nitrogens with zero attached hydrogens (tertiary/aromatic N) is 4. The van der Waals surface area contributed by atoms with Gasteiger partial charge in [-0.2, -0.15) is 5.10 Å². The van der Waals surface area contributed by atoms with Crippen LogP contribution in [0.1, 0.15) is 38.0 Å². The molecular weight excluding hydrogens is 328 g/mol. The van der Waals surface area contributed by atoms with Crippen LogP contribution in [0.15, 0.2) is 46.3 Å². The summed E-state index contributed by atoms with van der Waals surface area (Å²) < 4.78 is 7.62. The molecule has 142 valence electrons. The summed E-state index contributed by atoms with van der Waals surface area (Å²) in [5.74, 6) is 1.84. The van der Waals surface area contributed by atoms with Gasteiger partial charge in [-0.3, -0.25) is 14.6 Å². The van der Waals surface area contributed by atoms with Crippen LogP contribution in [0.5, 0.6) is 0 Å². The Morgan fingerprint density at radius 2 is 2.15 bits per heavy atom. The largest absolute Gasteiger partial charge is 0.468 e. The first kappa shape index (κ1) is 18.5. The van der Waals surface area contributed by atoms with E-state index in [0.29, 0.717) is 6.54 Å². The number of aliphatic imine (C=N–C) groups is 1. The molecule has 7 nitrogen and oxygen atoms in total. The maximum atomic E-state index is 5.71. The van der Waals surface area contributed by atoms with E-state index in [1.807, 2.05) is 23.0 Å². The third kappa shape index (κ3) is 5.36. The summed E-state index contributed by atoms with van der Waals surface area (Å²) in [4.78, 5) is 7.33. The van der Waals surface area contributed by atoms with Gasteiger partial charge in [0.05, 0.1) is 25.4 Å². The first-order valence-corrected chi connectivity index (χ1v) is 9.64. The van der Waals surface area contributed by atoms with Crippen LogP contribution in [-0.4, -0.2) is 53.4 Å². The number of guanidine groups is 1. The molecule has 3 heterocycles. The first-order chi connectivity index (χ1) is 12.9. The van der Waals surface area contributed by atoms with Gasteiger partial charge >= 0.3 is 0 Å². The van der Waals surface area contributed by atoms with E-state index < -0.39 is 0 Å². The van der Waals surface area contributed by atoms with Gasteiger partial charge in [0.2, 0.25) is 0 Å². The Hall–Kier alpha value is -2.28. The van der Waals surface area contributed by atoms with Gasteiger partial charge < -0.3 is 15.1 Å². The fourth-order valence-corrected chi connectivity index (χ4v) is 3.34. The lowest BCUT2D eigenvalue weighted by atomic mass is 10.1. The van der Waals surface area contributed by atoms with E-state index in [2.05, 4.69) is 33.6 Å². The van der Waals surface area contributed by atoms with Crippen molar-refractivity contribution < 1.29 is 4.42 Å². The Bertz CT molecular complexity index is 631. The first-order valence-electron chi connectivity index (χ1n) is 9.64. The number of hydrogen-bond acceptors (Lipinski definition) is 4. The van der Waals surface area contributed by atoms with Gasteiger partial charge in [-0.25, -0.2) is 0 Å². The number of piperidine rings is 1. The van der Waals surface area contributed by atoms with Crippen LogP contribution in [0.3, 0.4) is 0 Å². The van der Waals surface area contributed by atoms with Gasteiger partial charge in [0.25, 0.3) is 0 Å². The Balaban J connectivity index is 1.60. The second-order valence-corrected chi connectivity index (χ2v) is 6.54. The second-order valence-electron chi connectivity index (χ2n) is 6.54. The maximum absolute atomic E-state index is 5.71. The smallest absolute Gasteiger partial charge is 0.191 e. The summed E-state index contributed by atoms with van der Waals surface area (Å²) >= 11 is 0. The van der Waals surface area contributed by atoms with E-state index in [9.17, 15) is 0 Å². The average molecular weight is 358 g/mol. The van der Waals surface area contributed by atoms with Crippen LogP contribution in [0, 0.1) is 0 Å². The molecule has 0 aromatic carbocycles. The standard InChI is InChI=1S/C19H30N6O/c1-2-20-19(21-10-14-25-13-7-9-23-25)22-16-17(18-8-6-15-26-18)24-11-4-3-5-12-24/h6-9,13,15,17H,2-5,10-12,14,16H2,1H3,(H2,20,21,22). The molecule has 7 heteroatoms. The van der Waals surface area contributed by atoms with E-state index >= 15 is 0 Å². The van der Waals surface area contributed by atoms with Crippen LogP contribution in [-0.2, 0) is 6.54 Å². The molecule has 0 spiro atoms.